The van der Waals surface area contributed by atoms with Gasteiger partial charge in [0.05, 0.1) is 23.3 Å². The Morgan fingerprint density at radius 3 is 2.45 bits per heavy atom. The van der Waals surface area contributed by atoms with Crippen LogP contribution in [0, 0.1) is 10.1 Å². The summed E-state index contributed by atoms with van der Waals surface area (Å²) in [6, 6.07) is 22.7. The van der Waals surface area contributed by atoms with Crippen molar-refractivity contribution in [3.63, 3.8) is 0 Å². The van der Waals surface area contributed by atoms with Gasteiger partial charge in [0.25, 0.3) is 0 Å². The van der Waals surface area contributed by atoms with Crippen LogP contribution >= 0.6 is 0 Å². The summed E-state index contributed by atoms with van der Waals surface area (Å²) in [6.07, 6.45) is 4.56. The Balaban J connectivity index is 1.24. The number of aromatic nitrogens is 1. The topological polar surface area (TPSA) is 77.7 Å². The molecule has 1 aliphatic heterocycles. The first-order valence-corrected chi connectivity index (χ1v) is 11.4. The van der Waals surface area contributed by atoms with Crippen LogP contribution in [-0.4, -0.2) is 47.2 Å². The summed E-state index contributed by atoms with van der Waals surface area (Å²) in [5.41, 5.74) is 2.06. The number of nitro groups is 1. The van der Waals surface area contributed by atoms with E-state index in [1.54, 1.807) is 18.2 Å². The second kappa shape index (κ2) is 11.5. The first-order valence-electron chi connectivity index (χ1n) is 11.4. The van der Waals surface area contributed by atoms with Crippen molar-refractivity contribution in [3.05, 3.63) is 100 Å². The van der Waals surface area contributed by atoms with Gasteiger partial charge in [0.1, 0.15) is 6.10 Å². The van der Waals surface area contributed by atoms with Crippen molar-refractivity contribution in [2.75, 3.05) is 26.2 Å². The highest BCUT2D eigenvalue weighted by atomic mass is 16.6. The first kappa shape index (κ1) is 22.9. The Morgan fingerprint density at radius 2 is 1.73 bits per heavy atom. The van der Waals surface area contributed by atoms with E-state index in [0.29, 0.717) is 12.4 Å². The van der Waals surface area contributed by atoms with Gasteiger partial charge in [0.2, 0.25) is 0 Å². The number of hydrogen-bond donors (Lipinski definition) is 0. The minimum absolute atomic E-state index is 0.0105. The second-order valence-electron chi connectivity index (χ2n) is 8.15. The number of hydrogen-bond acceptors (Lipinski definition) is 6. The molecule has 0 bridgehead atoms. The van der Waals surface area contributed by atoms with Crippen LogP contribution in [0.3, 0.4) is 0 Å². The minimum atomic E-state index is -0.409. The molecular weight excluding hydrogens is 418 g/mol. The molecule has 1 unspecified atom stereocenters. The van der Waals surface area contributed by atoms with Gasteiger partial charge in [-0.15, -0.1) is 0 Å². The van der Waals surface area contributed by atoms with E-state index in [1.807, 2.05) is 42.6 Å². The minimum Gasteiger partial charge on any atom is -0.487 e. The number of benzene rings is 2. The summed E-state index contributed by atoms with van der Waals surface area (Å²) in [5, 5.41) is 11.1. The van der Waals surface area contributed by atoms with Crippen LogP contribution in [0.25, 0.3) is 0 Å². The quantitative estimate of drug-likeness (QED) is 0.246. The van der Waals surface area contributed by atoms with E-state index in [4.69, 9.17) is 9.47 Å². The predicted molar refractivity (Wildman–Crippen MR) is 126 cm³/mol. The lowest BCUT2D eigenvalue weighted by Crippen LogP contribution is -2.38. The highest BCUT2D eigenvalue weighted by Crippen LogP contribution is 2.29. The third-order valence-electron chi connectivity index (χ3n) is 5.86. The number of likely N-dealkylation sites (tertiary alicyclic amines) is 1. The lowest BCUT2D eigenvalue weighted by molar-refractivity contribution is -0.385. The molecule has 0 aliphatic carbocycles. The largest absolute Gasteiger partial charge is 0.487 e. The zero-order valence-corrected chi connectivity index (χ0v) is 18.6. The van der Waals surface area contributed by atoms with Gasteiger partial charge in [-0.2, -0.15) is 0 Å². The summed E-state index contributed by atoms with van der Waals surface area (Å²) in [4.78, 5) is 17.6. The Bertz CT molecular complexity index is 969. The molecule has 1 aliphatic rings. The zero-order valence-electron chi connectivity index (χ0n) is 18.6. The molecule has 1 atom stereocenters. The van der Waals surface area contributed by atoms with Crippen LogP contribution in [0.1, 0.15) is 36.6 Å². The third kappa shape index (κ3) is 6.37. The van der Waals surface area contributed by atoms with Gasteiger partial charge in [-0.1, -0.05) is 48.5 Å². The van der Waals surface area contributed by atoms with Crippen molar-refractivity contribution >= 4 is 5.69 Å². The molecule has 3 aromatic rings. The maximum absolute atomic E-state index is 11.1. The van der Waals surface area contributed by atoms with Gasteiger partial charge >= 0.3 is 5.69 Å². The maximum atomic E-state index is 11.1. The van der Waals surface area contributed by atoms with Gasteiger partial charge in [-0.05, 0) is 43.0 Å². The van der Waals surface area contributed by atoms with Crippen LogP contribution < -0.4 is 4.74 Å². The SMILES string of the molecule is O=[N+]([O-])c1ccccc1OCCCN1CCC(OC(c2ccccc2)c2ccccn2)CC1. The Morgan fingerprint density at radius 1 is 1.00 bits per heavy atom. The second-order valence-corrected chi connectivity index (χ2v) is 8.15. The Hall–Kier alpha value is -3.29. The monoisotopic (exact) mass is 447 g/mol. The molecule has 7 nitrogen and oxygen atoms in total. The highest BCUT2D eigenvalue weighted by molar-refractivity contribution is 5.45. The fourth-order valence-electron chi connectivity index (χ4n) is 4.14. The van der Waals surface area contributed by atoms with E-state index in [1.165, 1.54) is 6.07 Å². The van der Waals surface area contributed by atoms with Crippen LogP contribution in [0.2, 0.25) is 0 Å². The van der Waals surface area contributed by atoms with E-state index < -0.39 is 4.92 Å². The molecule has 1 saturated heterocycles. The summed E-state index contributed by atoms with van der Waals surface area (Å²) < 4.78 is 12.2. The molecule has 7 heteroatoms. The standard InChI is InChI=1S/C26H29N3O4/c30-29(31)24-12-4-5-13-25(24)32-20-8-17-28-18-14-22(15-19-28)33-26(21-9-2-1-3-10-21)23-11-6-7-16-27-23/h1-7,9-13,16,22,26H,8,14-15,17-20H2. The first-order chi connectivity index (χ1) is 16.2. The maximum Gasteiger partial charge on any atom is 0.310 e. The summed E-state index contributed by atoms with van der Waals surface area (Å²) in [7, 11) is 0. The normalized spacial score (nSPS) is 15.8. The van der Waals surface area contributed by atoms with Gasteiger partial charge in [0, 0.05) is 31.9 Å². The van der Waals surface area contributed by atoms with Crippen LogP contribution in [-0.2, 0) is 4.74 Å². The molecule has 0 radical (unpaired) electrons. The highest BCUT2D eigenvalue weighted by Gasteiger charge is 2.25. The predicted octanol–water partition coefficient (Wildman–Crippen LogP) is 5.03. The fourth-order valence-corrected chi connectivity index (χ4v) is 4.14. The average Bonchev–Trinajstić information content (AvgIpc) is 2.87. The summed E-state index contributed by atoms with van der Waals surface area (Å²) in [6.45, 7) is 3.27. The lowest BCUT2D eigenvalue weighted by atomic mass is 10.0. The van der Waals surface area contributed by atoms with Crippen molar-refractivity contribution in [3.8, 4) is 5.75 Å². The smallest absolute Gasteiger partial charge is 0.310 e. The van der Waals surface area contributed by atoms with Crippen molar-refractivity contribution in [2.45, 2.75) is 31.5 Å². The molecule has 2 heterocycles. The molecule has 0 spiro atoms. The molecule has 1 fully saturated rings. The molecule has 4 rings (SSSR count). The average molecular weight is 448 g/mol. The van der Waals surface area contributed by atoms with Crippen molar-refractivity contribution in [1.29, 1.82) is 0 Å². The number of para-hydroxylation sites is 2. The van der Waals surface area contributed by atoms with E-state index >= 15 is 0 Å². The van der Waals surface area contributed by atoms with Gasteiger partial charge in [-0.25, -0.2) is 0 Å². The molecule has 1 aromatic heterocycles. The van der Waals surface area contributed by atoms with Gasteiger partial charge in [0.15, 0.2) is 5.75 Å². The number of nitro benzene ring substituents is 1. The molecule has 0 amide bonds. The van der Waals surface area contributed by atoms with E-state index in [-0.39, 0.29) is 17.9 Å². The summed E-state index contributed by atoms with van der Waals surface area (Å²) >= 11 is 0. The molecule has 33 heavy (non-hydrogen) atoms. The molecular formula is C26H29N3O4. The molecule has 172 valence electrons. The van der Waals surface area contributed by atoms with E-state index in [0.717, 1.165) is 50.2 Å². The molecule has 2 aromatic carbocycles. The molecule has 0 N–H and O–H groups in total. The fraction of sp³-hybridized carbons (Fsp3) is 0.346. The lowest BCUT2D eigenvalue weighted by Gasteiger charge is -2.34. The number of pyridine rings is 1. The van der Waals surface area contributed by atoms with Gasteiger partial charge in [-0.3, -0.25) is 15.1 Å². The Labute approximate surface area is 194 Å². The van der Waals surface area contributed by atoms with Gasteiger partial charge < -0.3 is 14.4 Å². The number of rotatable bonds is 10. The zero-order chi connectivity index (χ0) is 22.9. The number of nitrogens with zero attached hydrogens (tertiary/aromatic N) is 3. The van der Waals surface area contributed by atoms with Crippen molar-refractivity contribution < 1.29 is 14.4 Å². The number of ether oxygens (including phenoxy) is 2. The van der Waals surface area contributed by atoms with Crippen LogP contribution in [0.15, 0.2) is 79.0 Å². The van der Waals surface area contributed by atoms with Crippen molar-refractivity contribution in [2.24, 2.45) is 0 Å². The molecule has 0 saturated carbocycles. The van der Waals surface area contributed by atoms with E-state index in [9.17, 15) is 10.1 Å². The van der Waals surface area contributed by atoms with Crippen molar-refractivity contribution in [1.82, 2.24) is 9.88 Å². The number of piperidine rings is 1. The van der Waals surface area contributed by atoms with Crippen LogP contribution in [0.4, 0.5) is 5.69 Å². The van der Waals surface area contributed by atoms with E-state index in [2.05, 4.69) is 22.0 Å². The van der Waals surface area contributed by atoms with Crippen LogP contribution in [0.5, 0.6) is 5.75 Å². The third-order valence-corrected chi connectivity index (χ3v) is 5.86. The Kier molecular flexibility index (Phi) is 8.00. The summed E-state index contributed by atoms with van der Waals surface area (Å²) in [5.74, 6) is 0.330.